The number of aromatic nitrogens is 2. The van der Waals surface area contributed by atoms with Crippen molar-refractivity contribution in [1.82, 2.24) is 9.13 Å². The Hall–Kier alpha value is -5.38. The van der Waals surface area contributed by atoms with Crippen molar-refractivity contribution in [1.29, 1.82) is 0 Å². The molecule has 0 atom stereocenters. The predicted octanol–water partition coefficient (Wildman–Crippen LogP) is 12.0. The smallest absolute Gasteiger partial charge is 0.0547 e. The van der Waals surface area contributed by atoms with Crippen LogP contribution >= 0.6 is 15.9 Å². The van der Waals surface area contributed by atoms with Crippen molar-refractivity contribution in [3.05, 3.63) is 168 Å². The number of nitrogens with zero attached hydrogens (tertiary/aromatic N) is 2. The second kappa shape index (κ2) is 10.4. The van der Waals surface area contributed by atoms with Gasteiger partial charge in [0.1, 0.15) is 0 Å². The third-order valence-corrected chi connectivity index (χ3v) is 9.42. The molecule has 2 heterocycles. The fourth-order valence-electron chi connectivity index (χ4n) is 6.93. The predicted molar refractivity (Wildman–Crippen MR) is 194 cm³/mol. The molecule has 0 radical (unpaired) electrons. The maximum atomic E-state index is 3.83. The minimum Gasteiger partial charge on any atom is -0.309 e. The van der Waals surface area contributed by atoms with Gasteiger partial charge in [-0.25, -0.2) is 0 Å². The van der Waals surface area contributed by atoms with Crippen molar-refractivity contribution >= 4 is 59.5 Å². The Labute approximate surface area is 269 Å². The third-order valence-electron chi connectivity index (χ3n) is 8.96. The van der Waals surface area contributed by atoms with E-state index in [4.69, 9.17) is 0 Å². The number of rotatable bonds is 4. The van der Waals surface area contributed by atoms with E-state index < -0.39 is 0 Å². The number of benzene rings is 7. The lowest BCUT2D eigenvalue weighted by molar-refractivity contribution is 1.18. The summed E-state index contributed by atoms with van der Waals surface area (Å²) in [5, 5.41) is 5.07. The van der Waals surface area contributed by atoms with Gasteiger partial charge in [-0.2, -0.15) is 0 Å². The van der Waals surface area contributed by atoms with Crippen LogP contribution in [-0.2, 0) is 0 Å². The molecule has 0 fully saturated rings. The highest BCUT2D eigenvalue weighted by molar-refractivity contribution is 9.10. The molecule has 0 unspecified atom stereocenters. The van der Waals surface area contributed by atoms with Gasteiger partial charge >= 0.3 is 0 Å². The molecule has 0 bridgehead atoms. The van der Waals surface area contributed by atoms with Crippen LogP contribution in [0.25, 0.3) is 77.2 Å². The van der Waals surface area contributed by atoms with E-state index >= 15 is 0 Å². The molecule has 0 N–H and O–H groups in total. The standard InChI is InChI=1S/C42H27BrN2/c43-32-25-30(28-18-21-34(22-19-28)44-39-15-7-4-12-35(39)36-13-5-8-16-40(36)44)24-31(26-32)29-20-23-38-37-14-6-9-17-41(37)45(42(38)27-29)33-10-2-1-3-11-33/h1-27H. The van der Waals surface area contributed by atoms with Crippen LogP contribution in [0.3, 0.4) is 0 Å². The molecule has 2 nitrogen and oxygen atoms in total. The highest BCUT2D eigenvalue weighted by Gasteiger charge is 2.15. The number of para-hydroxylation sites is 4. The zero-order valence-corrected chi connectivity index (χ0v) is 25.9. The summed E-state index contributed by atoms with van der Waals surface area (Å²) in [6.07, 6.45) is 0. The molecule has 212 valence electrons. The Kier molecular flexibility index (Phi) is 6.00. The van der Waals surface area contributed by atoms with Gasteiger partial charge < -0.3 is 9.13 Å². The van der Waals surface area contributed by atoms with Gasteiger partial charge in [0.25, 0.3) is 0 Å². The SMILES string of the molecule is Brc1cc(-c2ccc(-n3c4ccccc4c4ccccc43)cc2)cc(-c2ccc3c4ccccc4n(-c4ccccc4)c3c2)c1. The maximum Gasteiger partial charge on any atom is 0.0547 e. The van der Waals surface area contributed by atoms with Gasteiger partial charge in [0.05, 0.1) is 22.1 Å². The van der Waals surface area contributed by atoms with Gasteiger partial charge in [-0.15, -0.1) is 0 Å². The highest BCUT2D eigenvalue weighted by Crippen LogP contribution is 2.37. The Morgan fingerprint density at radius 2 is 0.756 bits per heavy atom. The number of halogens is 1. The fourth-order valence-corrected chi connectivity index (χ4v) is 7.43. The normalized spacial score (nSPS) is 11.7. The first kappa shape index (κ1) is 26.1. The Morgan fingerprint density at radius 3 is 1.36 bits per heavy atom. The van der Waals surface area contributed by atoms with Crippen molar-refractivity contribution in [2.45, 2.75) is 0 Å². The lowest BCUT2D eigenvalue weighted by Crippen LogP contribution is -1.94. The van der Waals surface area contributed by atoms with Crippen LogP contribution in [-0.4, -0.2) is 9.13 Å². The molecular weight excluding hydrogens is 612 g/mol. The van der Waals surface area contributed by atoms with Crippen molar-refractivity contribution in [3.8, 4) is 33.6 Å². The summed E-state index contributed by atoms with van der Waals surface area (Å²) >= 11 is 3.83. The quantitative estimate of drug-likeness (QED) is 0.181. The molecular formula is C42H27BrN2. The molecule has 0 aliphatic rings. The molecule has 7 aromatic carbocycles. The van der Waals surface area contributed by atoms with E-state index in [0.717, 1.165) is 10.2 Å². The Balaban J connectivity index is 1.15. The van der Waals surface area contributed by atoms with Crippen LogP contribution in [0.2, 0.25) is 0 Å². The van der Waals surface area contributed by atoms with Crippen LogP contribution < -0.4 is 0 Å². The number of hydrogen-bond acceptors (Lipinski definition) is 0. The molecule has 9 rings (SSSR count). The lowest BCUT2D eigenvalue weighted by atomic mass is 9.98. The fraction of sp³-hybridized carbons (Fsp3) is 0. The minimum atomic E-state index is 1.06. The van der Waals surface area contributed by atoms with E-state index in [1.54, 1.807) is 0 Å². The second-order valence-corrected chi connectivity index (χ2v) is 12.5. The van der Waals surface area contributed by atoms with E-state index in [0.29, 0.717) is 0 Å². The third kappa shape index (κ3) is 4.23. The molecule has 0 saturated heterocycles. The number of hydrogen-bond donors (Lipinski definition) is 0. The van der Waals surface area contributed by atoms with E-state index in [1.165, 1.54) is 71.6 Å². The van der Waals surface area contributed by atoms with Gasteiger partial charge in [0, 0.05) is 37.4 Å². The monoisotopic (exact) mass is 638 g/mol. The van der Waals surface area contributed by atoms with Crippen molar-refractivity contribution in [2.24, 2.45) is 0 Å². The van der Waals surface area contributed by atoms with Gasteiger partial charge in [-0.3, -0.25) is 0 Å². The average molecular weight is 640 g/mol. The van der Waals surface area contributed by atoms with E-state index in [9.17, 15) is 0 Å². The van der Waals surface area contributed by atoms with E-state index in [-0.39, 0.29) is 0 Å². The first-order valence-corrected chi connectivity index (χ1v) is 16.0. The largest absolute Gasteiger partial charge is 0.309 e. The summed E-state index contributed by atoms with van der Waals surface area (Å²) in [6, 6.07) is 59.1. The van der Waals surface area contributed by atoms with Gasteiger partial charge in [0.2, 0.25) is 0 Å². The first-order chi connectivity index (χ1) is 22.2. The average Bonchev–Trinajstić information content (AvgIpc) is 3.61. The summed E-state index contributed by atoms with van der Waals surface area (Å²) in [6.45, 7) is 0. The van der Waals surface area contributed by atoms with Crippen molar-refractivity contribution in [2.75, 3.05) is 0 Å². The minimum absolute atomic E-state index is 1.06. The van der Waals surface area contributed by atoms with Crippen molar-refractivity contribution in [3.63, 3.8) is 0 Å². The Bertz CT molecular complexity index is 2480. The number of fused-ring (bicyclic) bond motifs is 6. The summed E-state index contributed by atoms with van der Waals surface area (Å²) in [7, 11) is 0. The van der Waals surface area contributed by atoms with Gasteiger partial charge in [-0.1, -0.05) is 113 Å². The second-order valence-electron chi connectivity index (χ2n) is 11.6. The molecule has 0 spiro atoms. The highest BCUT2D eigenvalue weighted by atomic mass is 79.9. The van der Waals surface area contributed by atoms with Crippen LogP contribution in [0, 0.1) is 0 Å². The van der Waals surface area contributed by atoms with E-state index in [1.807, 2.05) is 0 Å². The van der Waals surface area contributed by atoms with Crippen LogP contribution in [0.15, 0.2) is 168 Å². The topological polar surface area (TPSA) is 9.86 Å². The summed E-state index contributed by atoms with van der Waals surface area (Å²) < 4.78 is 5.80. The molecule has 0 aliphatic heterocycles. The summed E-state index contributed by atoms with van der Waals surface area (Å²) in [4.78, 5) is 0. The molecule has 0 saturated carbocycles. The molecule has 3 heteroatoms. The van der Waals surface area contributed by atoms with E-state index in [2.05, 4.69) is 189 Å². The zero-order valence-electron chi connectivity index (χ0n) is 24.4. The lowest BCUT2D eigenvalue weighted by Gasteiger charge is -2.12. The Morgan fingerprint density at radius 1 is 0.311 bits per heavy atom. The first-order valence-electron chi connectivity index (χ1n) is 15.2. The molecule has 0 aliphatic carbocycles. The van der Waals surface area contributed by atoms with Crippen molar-refractivity contribution < 1.29 is 0 Å². The van der Waals surface area contributed by atoms with Gasteiger partial charge in [-0.05, 0) is 89.0 Å². The van der Waals surface area contributed by atoms with Gasteiger partial charge in [0.15, 0.2) is 0 Å². The molecule has 2 aromatic heterocycles. The summed E-state index contributed by atoms with van der Waals surface area (Å²) in [5.74, 6) is 0. The van der Waals surface area contributed by atoms with Crippen LogP contribution in [0.5, 0.6) is 0 Å². The molecule has 9 aromatic rings. The van der Waals surface area contributed by atoms with Crippen LogP contribution in [0.4, 0.5) is 0 Å². The zero-order chi connectivity index (χ0) is 29.9. The maximum absolute atomic E-state index is 3.83. The molecule has 0 amide bonds. The summed E-state index contributed by atoms with van der Waals surface area (Å²) in [5.41, 5.74) is 11.9. The van der Waals surface area contributed by atoms with Crippen LogP contribution in [0.1, 0.15) is 0 Å². The molecule has 45 heavy (non-hydrogen) atoms.